The summed E-state index contributed by atoms with van der Waals surface area (Å²) >= 11 is 0. The van der Waals surface area contributed by atoms with Gasteiger partial charge >= 0.3 is 0 Å². The van der Waals surface area contributed by atoms with E-state index >= 15 is 0 Å². The molecular weight excluding hydrogens is 386 g/mol. The summed E-state index contributed by atoms with van der Waals surface area (Å²) in [4.78, 5) is 7.64. The quantitative estimate of drug-likeness (QED) is 0.221. The molecule has 0 fully saturated rings. The van der Waals surface area contributed by atoms with Crippen molar-refractivity contribution in [3.05, 3.63) is 0 Å². The van der Waals surface area contributed by atoms with E-state index in [2.05, 4.69) is 76.6 Å². The minimum Gasteiger partial charge on any atom is -0.418 e. The van der Waals surface area contributed by atoms with Gasteiger partial charge in [-0.2, -0.15) is 0 Å². The largest absolute Gasteiger partial charge is 0.418 e. The van der Waals surface area contributed by atoms with Crippen molar-refractivity contribution in [2.45, 2.75) is 91.8 Å². The number of hydrogen-bond donors (Lipinski definition) is 0. The number of nitrogens with zero attached hydrogens (tertiary/aromatic N) is 3. The Hall–Kier alpha value is 0.0569. The van der Waals surface area contributed by atoms with Crippen molar-refractivity contribution in [1.29, 1.82) is 0 Å². The first-order valence-corrected chi connectivity index (χ1v) is 15.9. The number of hydrogen-bond acceptors (Lipinski definition) is 4. The van der Waals surface area contributed by atoms with Crippen LogP contribution in [-0.2, 0) is 4.43 Å². The normalized spacial score (nSPS) is 13.2. The summed E-state index contributed by atoms with van der Waals surface area (Å²) in [6, 6.07) is 1.29. The molecule has 30 heavy (non-hydrogen) atoms. The van der Waals surface area contributed by atoms with E-state index in [-0.39, 0.29) is 0 Å². The van der Waals surface area contributed by atoms with E-state index in [9.17, 15) is 0 Å². The predicted molar refractivity (Wildman–Crippen MR) is 138 cm³/mol. The highest BCUT2D eigenvalue weighted by Gasteiger charge is 2.34. The first-order chi connectivity index (χ1) is 14.1. The fourth-order valence-corrected chi connectivity index (χ4v) is 6.60. The zero-order valence-electron chi connectivity index (χ0n) is 22.4. The standard InChI is InChI=1S/C25H57N3OSi/c1-10-18-26(5)21-14-25(15-22-27(6)19-11-2,16-23-28(7)20-12-3)17-24-30(8,9)29-13-4/h10-24H2,1-9H3. The second kappa shape index (κ2) is 16.7. The third kappa shape index (κ3) is 14.2. The van der Waals surface area contributed by atoms with Crippen LogP contribution in [0.1, 0.15) is 72.6 Å². The van der Waals surface area contributed by atoms with E-state index in [0.29, 0.717) is 5.41 Å². The molecule has 0 unspecified atom stereocenters. The van der Waals surface area contributed by atoms with Crippen LogP contribution in [0.4, 0.5) is 0 Å². The third-order valence-electron chi connectivity index (χ3n) is 6.68. The fourth-order valence-electron chi connectivity index (χ4n) is 4.54. The topological polar surface area (TPSA) is 19.0 Å². The Morgan fingerprint density at radius 1 is 0.600 bits per heavy atom. The van der Waals surface area contributed by atoms with Gasteiger partial charge in [0.15, 0.2) is 8.32 Å². The molecule has 0 aliphatic rings. The molecule has 0 aromatic rings. The summed E-state index contributed by atoms with van der Waals surface area (Å²) in [6.07, 6.45) is 9.01. The molecule has 0 spiro atoms. The highest BCUT2D eigenvalue weighted by molar-refractivity contribution is 6.71. The smallest absolute Gasteiger partial charge is 0.186 e. The summed E-state index contributed by atoms with van der Waals surface area (Å²) < 4.78 is 6.22. The summed E-state index contributed by atoms with van der Waals surface area (Å²) in [5.74, 6) is 0. The van der Waals surface area contributed by atoms with Crippen molar-refractivity contribution in [3.8, 4) is 0 Å². The molecule has 5 heteroatoms. The summed E-state index contributed by atoms with van der Waals surface area (Å²) in [5.41, 5.74) is 0.424. The van der Waals surface area contributed by atoms with Crippen LogP contribution in [0.3, 0.4) is 0 Å². The van der Waals surface area contributed by atoms with E-state index in [4.69, 9.17) is 4.43 Å². The Kier molecular flexibility index (Phi) is 16.7. The molecule has 0 N–H and O–H groups in total. The van der Waals surface area contributed by atoms with Crippen molar-refractivity contribution < 1.29 is 4.43 Å². The average Bonchev–Trinajstić information content (AvgIpc) is 2.67. The summed E-state index contributed by atoms with van der Waals surface area (Å²) in [5, 5.41) is 0. The first-order valence-electron chi connectivity index (χ1n) is 12.8. The maximum absolute atomic E-state index is 6.22. The molecule has 0 aliphatic heterocycles. The van der Waals surface area contributed by atoms with E-state index in [1.54, 1.807) is 0 Å². The molecule has 182 valence electrons. The van der Waals surface area contributed by atoms with Crippen LogP contribution in [0.5, 0.6) is 0 Å². The van der Waals surface area contributed by atoms with E-state index in [0.717, 1.165) is 6.61 Å². The summed E-state index contributed by atoms with van der Waals surface area (Å²) in [7, 11) is 5.35. The lowest BCUT2D eigenvalue weighted by Gasteiger charge is -2.40. The lowest BCUT2D eigenvalue weighted by Crippen LogP contribution is -2.38. The molecule has 0 bridgehead atoms. The van der Waals surface area contributed by atoms with Gasteiger partial charge in [0, 0.05) is 6.61 Å². The highest BCUT2D eigenvalue weighted by atomic mass is 28.4. The van der Waals surface area contributed by atoms with Gasteiger partial charge in [0.05, 0.1) is 0 Å². The van der Waals surface area contributed by atoms with Crippen LogP contribution in [-0.4, -0.2) is 90.0 Å². The van der Waals surface area contributed by atoms with Crippen LogP contribution < -0.4 is 0 Å². The maximum atomic E-state index is 6.22. The molecule has 0 aliphatic carbocycles. The summed E-state index contributed by atoms with van der Waals surface area (Å²) in [6.45, 7) is 22.0. The van der Waals surface area contributed by atoms with Crippen molar-refractivity contribution in [3.63, 3.8) is 0 Å². The molecule has 0 saturated carbocycles. The molecule has 0 atom stereocenters. The van der Waals surface area contributed by atoms with Gasteiger partial charge in [-0.05, 0) is 137 Å². The lowest BCUT2D eigenvalue weighted by molar-refractivity contribution is 0.132. The van der Waals surface area contributed by atoms with Crippen molar-refractivity contribution in [2.24, 2.45) is 5.41 Å². The molecule has 0 rings (SSSR count). The van der Waals surface area contributed by atoms with Gasteiger partial charge in [-0.25, -0.2) is 0 Å². The lowest BCUT2D eigenvalue weighted by atomic mass is 9.75. The molecule has 0 heterocycles. The molecular formula is C25H57N3OSi. The van der Waals surface area contributed by atoms with E-state index in [1.165, 1.54) is 90.3 Å². The van der Waals surface area contributed by atoms with Crippen LogP contribution in [0.2, 0.25) is 19.1 Å². The fraction of sp³-hybridized carbons (Fsp3) is 1.00. The Labute approximate surface area is 191 Å². The van der Waals surface area contributed by atoms with Gasteiger partial charge in [-0.3, -0.25) is 0 Å². The monoisotopic (exact) mass is 443 g/mol. The molecule has 0 aromatic carbocycles. The number of rotatable bonds is 20. The zero-order chi connectivity index (χ0) is 23.0. The predicted octanol–water partition coefficient (Wildman–Crippen LogP) is 5.80. The van der Waals surface area contributed by atoms with Crippen LogP contribution in [0.25, 0.3) is 0 Å². The SMILES string of the molecule is CCCN(C)CCC(CCN(C)CCC)(CCN(C)CCC)CC[Si](C)(C)OCC. The van der Waals surface area contributed by atoms with Crippen LogP contribution >= 0.6 is 0 Å². The molecule has 0 aromatic heterocycles. The van der Waals surface area contributed by atoms with Crippen molar-refractivity contribution in [1.82, 2.24) is 14.7 Å². The van der Waals surface area contributed by atoms with Gasteiger partial charge in [0.25, 0.3) is 0 Å². The van der Waals surface area contributed by atoms with Gasteiger partial charge in [0.1, 0.15) is 0 Å². The average molecular weight is 444 g/mol. The van der Waals surface area contributed by atoms with Crippen LogP contribution in [0, 0.1) is 5.41 Å². The van der Waals surface area contributed by atoms with Crippen molar-refractivity contribution in [2.75, 3.05) is 67.0 Å². The second-order valence-electron chi connectivity index (χ2n) is 10.4. The first kappa shape index (κ1) is 30.1. The molecule has 0 saturated heterocycles. The second-order valence-corrected chi connectivity index (χ2v) is 14.7. The minimum atomic E-state index is -1.57. The molecule has 0 radical (unpaired) electrons. The molecule has 4 nitrogen and oxygen atoms in total. The third-order valence-corrected chi connectivity index (χ3v) is 9.20. The van der Waals surface area contributed by atoms with Gasteiger partial charge in [-0.1, -0.05) is 20.8 Å². The Morgan fingerprint density at radius 3 is 1.27 bits per heavy atom. The van der Waals surface area contributed by atoms with Gasteiger partial charge in [-0.15, -0.1) is 0 Å². The highest BCUT2D eigenvalue weighted by Crippen LogP contribution is 2.39. The Bertz CT molecular complexity index is 365. The van der Waals surface area contributed by atoms with E-state index < -0.39 is 8.32 Å². The van der Waals surface area contributed by atoms with Crippen LogP contribution in [0.15, 0.2) is 0 Å². The van der Waals surface area contributed by atoms with Gasteiger partial charge in [0.2, 0.25) is 0 Å². The Morgan fingerprint density at radius 2 is 0.967 bits per heavy atom. The maximum Gasteiger partial charge on any atom is 0.186 e. The van der Waals surface area contributed by atoms with Crippen molar-refractivity contribution >= 4 is 8.32 Å². The van der Waals surface area contributed by atoms with E-state index in [1.807, 2.05) is 0 Å². The molecule has 0 amide bonds. The zero-order valence-corrected chi connectivity index (χ0v) is 23.4. The Balaban J connectivity index is 5.42. The van der Waals surface area contributed by atoms with Gasteiger partial charge < -0.3 is 19.1 Å². The minimum absolute atomic E-state index is 0.424.